The zero-order valence-electron chi connectivity index (χ0n) is 10.9. The normalized spacial score (nSPS) is 10.7. The summed E-state index contributed by atoms with van der Waals surface area (Å²) in [5.74, 6) is 0.517. The lowest BCUT2D eigenvalue weighted by Crippen LogP contribution is -1.96. The standard InChI is InChI=1S/C16H13ClN2O/c1-20-16-11(15-12(17)6-4-7-13(15)18)9-10-5-2-3-8-14(10)19-16/h2-9H,18H2,1H3. The maximum Gasteiger partial charge on any atom is 0.221 e. The van der Waals surface area contributed by atoms with Gasteiger partial charge in [0.2, 0.25) is 5.88 Å². The van der Waals surface area contributed by atoms with Crippen LogP contribution in [0.2, 0.25) is 5.02 Å². The molecule has 0 fully saturated rings. The lowest BCUT2D eigenvalue weighted by molar-refractivity contribution is 0.401. The minimum Gasteiger partial charge on any atom is -0.481 e. The molecule has 0 atom stereocenters. The molecule has 0 bridgehead atoms. The van der Waals surface area contributed by atoms with Crippen molar-refractivity contribution in [2.45, 2.75) is 0 Å². The number of methoxy groups -OCH3 is 1. The number of hydrogen-bond acceptors (Lipinski definition) is 3. The number of pyridine rings is 1. The number of nitrogens with two attached hydrogens (primary N) is 1. The summed E-state index contributed by atoms with van der Waals surface area (Å²) in [7, 11) is 1.59. The summed E-state index contributed by atoms with van der Waals surface area (Å²) in [6.45, 7) is 0. The molecule has 3 nitrogen and oxygen atoms in total. The molecule has 3 aromatic rings. The van der Waals surface area contributed by atoms with Crippen LogP contribution in [-0.4, -0.2) is 12.1 Å². The molecule has 0 saturated heterocycles. The Morgan fingerprint density at radius 2 is 1.90 bits per heavy atom. The van der Waals surface area contributed by atoms with Crippen molar-refractivity contribution < 1.29 is 4.74 Å². The van der Waals surface area contributed by atoms with Crippen molar-refractivity contribution in [2.24, 2.45) is 0 Å². The van der Waals surface area contributed by atoms with Gasteiger partial charge in [-0.15, -0.1) is 0 Å². The Hall–Kier alpha value is -2.26. The molecule has 0 unspecified atom stereocenters. The maximum atomic E-state index is 6.28. The van der Waals surface area contributed by atoms with Gasteiger partial charge >= 0.3 is 0 Å². The second-order valence-corrected chi connectivity index (χ2v) is 4.85. The minimum absolute atomic E-state index is 0.517. The molecule has 0 saturated carbocycles. The van der Waals surface area contributed by atoms with Crippen molar-refractivity contribution in [2.75, 3.05) is 12.8 Å². The van der Waals surface area contributed by atoms with Gasteiger partial charge in [-0.3, -0.25) is 0 Å². The van der Waals surface area contributed by atoms with Crippen LogP contribution in [-0.2, 0) is 0 Å². The molecule has 0 aliphatic carbocycles. The Labute approximate surface area is 122 Å². The molecule has 4 heteroatoms. The minimum atomic E-state index is 0.517. The van der Waals surface area contributed by atoms with Crippen molar-refractivity contribution in [1.29, 1.82) is 0 Å². The number of nitrogens with zero attached hydrogens (tertiary/aromatic N) is 1. The number of benzene rings is 2. The van der Waals surface area contributed by atoms with E-state index in [4.69, 9.17) is 22.1 Å². The van der Waals surface area contributed by atoms with Crippen molar-refractivity contribution in [1.82, 2.24) is 4.98 Å². The van der Waals surface area contributed by atoms with Crippen molar-refractivity contribution in [3.05, 3.63) is 53.6 Å². The number of para-hydroxylation sites is 1. The largest absolute Gasteiger partial charge is 0.481 e. The molecule has 2 aromatic carbocycles. The van der Waals surface area contributed by atoms with Crippen LogP contribution in [0, 0.1) is 0 Å². The zero-order valence-corrected chi connectivity index (χ0v) is 11.7. The molecular weight excluding hydrogens is 272 g/mol. The van der Waals surface area contributed by atoms with Crippen LogP contribution in [0.3, 0.4) is 0 Å². The van der Waals surface area contributed by atoms with E-state index in [0.717, 1.165) is 22.0 Å². The second kappa shape index (κ2) is 5.02. The van der Waals surface area contributed by atoms with E-state index < -0.39 is 0 Å². The molecule has 2 N–H and O–H groups in total. The fraction of sp³-hybridized carbons (Fsp3) is 0.0625. The highest BCUT2D eigenvalue weighted by atomic mass is 35.5. The van der Waals surface area contributed by atoms with Gasteiger partial charge < -0.3 is 10.5 Å². The van der Waals surface area contributed by atoms with Gasteiger partial charge in [0.15, 0.2) is 0 Å². The van der Waals surface area contributed by atoms with E-state index in [1.54, 1.807) is 7.11 Å². The molecule has 1 heterocycles. The van der Waals surface area contributed by atoms with E-state index >= 15 is 0 Å². The van der Waals surface area contributed by atoms with Gasteiger partial charge in [-0.1, -0.05) is 35.9 Å². The molecule has 0 aliphatic rings. The van der Waals surface area contributed by atoms with Gasteiger partial charge in [-0.2, -0.15) is 0 Å². The number of ether oxygens (including phenoxy) is 1. The Balaban J connectivity index is 2.35. The highest BCUT2D eigenvalue weighted by Crippen LogP contribution is 2.39. The summed E-state index contributed by atoms with van der Waals surface area (Å²) in [5, 5.41) is 1.60. The SMILES string of the molecule is COc1nc2ccccc2cc1-c1c(N)cccc1Cl. The van der Waals surface area contributed by atoms with E-state index in [2.05, 4.69) is 4.98 Å². The first kappa shape index (κ1) is 12.8. The summed E-state index contributed by atoms with van der Waals surface area (Å²) >= 11 is 6.28. The average molecular weight is 285 g/mol. The average Bonchev–Trinajstić information content (AvgIpc) is 2.46. The number of aromatic nitrogens is 1. The fourth-order valence-electron chi connectivity index (χ4n) is 2.26. The second-order valence-electron chi connectivity index (χ2n) is 4.44. The van der Waals surface area contributed by atoms with E-state index in [1.165, 1.54) is 0 Å². The molecular formula is C16H13ClN2O. The first-order valence-electron chi connectivity index (χ1n) is 6.19. The summed E-state index contributed by atoms with van der Waals surface area (Å²) in [4.78, 5) is 4.52. The van der Waals surface area contributed by atoms with Gasteiger partial charge in [-0.05, 0) is 24.3 Å². The third-order valence-electron chi connectivity index (χ3n) is 3.20. The monoisotopic (exact) mass is 284 g/mol. The van der Waals surface area contributed by atoms with Crippen molar-refractivity contribution in [3.8, 4) is 17.0 Å². The highest BCUT2D eigenvalue weighted by Gasteiger charge is 2.15. The van der Waals surface area contributed by atoms with Crippen LogP contribution in [0.5, 0.6) is 5.88 Å². The number of rotatable bonds is 2. The number of fused-ring (bicyclic) bond motifs is 1. The molecule has 1 aromatic heterocycles. The Kier molecular flexibility index (Phi) is 3.20. The predicted octanol–water partition coefficient (Wildman–Crippen LogP) is 4.15. The highest BCUT2D eigenvalue weighted by molar-refractivity contribution is 6.34. The first-order valence-corrected chi connectivity index (χ1v) is 6.56. The van der Waals surface area contributed by atoms with Gasteiger partial charge in [-0.25, -0.2) is 4.98 Å². The fourth-order valence-corrected chi connectivity index (χ4v) is 2.54. The van der Waals surface area contributed by atoms with Gasteiger partial charge in [0.05, 0.1) is 17.6 Å². The van der Waals surface area contributed by atoms with Crippen LogP contribution in [0.4, 0.5) is 5.69 Å². The van der Waals surface area contributed by atoms with E-state index in [1.807, 2.05) is 48.5 Å². The topological polar surface area (TPSA) is 48.1 Å². The Morgan fingerprint density at radius 3 is 2.65 bits per heavy atom. The number of nitrogen functional groups attached to an aromatic ring is 1. The molecule has 20 heavy (non-hydrogen) atoms. The molecule has 0 amide bonds. The van der Waals surface area contributed by atoms with Gasteiger partial charge in [0.1, 0.15) is 0 Å². The van der Waals surface area contributed by atoms with Crippen LogP contribution in [0.1, 0.15) is 0 Å². The van der Waals surface area contributed by atoms with E-state index in [-0.39, 0.29) is 0 Å². The van der Waals surface area contributed by atoms with Crippen LogP contribution >= 0.6 is 11.6 Å². The van der Waals surface area contributed by atoms with Gasteiger partial charge in [0.25, 0.3) is 0 Å². The number of anilines is 1. The molecule has 100 valence electrons. The number of hydrogen-bond donors (Lipinski definition) is 1. The first-order chi connectivity index (χ1) is 9.70. The molecule has 3 rings (SSSR count). The smallest absolute Gasteiger partial charge is 0.221 e. The van der Waals surface area contributed by atoms with Crippen LogP contribution in [0.15, 0.2) is 48.5 Å². The lowest BCUT2D eigenvalue weighted by Gasteiger charge is -2.13. The molecule has 0 spiro atoms. The lowest BCUT2D eigenvalue weighted by atomic mass is 10.0. The quantitative estimate of drug-likeness (QED) is 0.719. The van der Waals surface area contributed by atoms with Crippen molar-refractivity contribution in [3.63, 3.8) is 0 Å². The third-order valence-corrected chi connectivity index (χ3v) is 3.51. The van der Waals surface area contributed by atoms with Gasteiger partial charge in [0, 0.05) is 22.2 Å². The summed E-state index contributed by atoms with van der Waals surface area (Å²) in [6, 6.07) is 15.3. The summed E-state index contributed by atoms with van der Waals surface area (Å²) < 4.78 is 5.39. The van der Waals surface area contributed by atoms with E-state index in [0.29, 0.717) is 16.6 Å². The Morgan fingerprint density at radius 1 is 1.10 bits per heavy atom. The molecule has 0 radical (unpaired) electrons. The number of halogens is 1. The predicted molar refractivity (Wildman–Crippen MR) is 83.2 cm³/mol. The van der Waals surface area contributed by atoms with E-state index in [9.17, 15) is 0 Å². The summed E-state index contributed by atoms with van der Waals surface area (Å²) in [6.07, 6.45) is 0. The maximum absolute atomic E-state index is 6.28. The zero-order chi connectivity index (χ0) is 14.1. The van der Waals surface area contributed by atoms with Crippen LogP contribution in [0.25, 0.3) is 22.0 Å². The van der Waals surface area contributed by atoms with Crippen molar-refractivity contribution >= 4 is 28.2 Å². The third kappa shape index (κ3) is 2.06. The molecule has 0 aliphatic heterocycles. The summed E-state index contributed by atoms with van der Waals surface area (Å²) in [5.41, 5.74) is 9.09. The Bertz CT molecular complexity index is 766. The van der Waals surface area contributed by atoms with Crippen LogP contribution < -0.4 is 10.5 Å².